The van der Waals surface area contributed by atoms with E-state index in [1.54, 1.807) is 27.7 Å². The number of nitrogens with zero attached hydrogens (tertiary/aromatic N) is 1. The van der Waals surface area contributed by atoms with Gasteiger partial charge in [0.15, 0.2) is 0 Å². The zero-order chi connectivity index (χ0) is 19.4. The maximum absolute atomic E-state index is 12.8. The normalized spacial score (nSPS) is 23.5. The summed E-state index contributed by atoms with van der Waals surface area (Å²) in [5, 5.41) is 0. The molecule has 1 aromatic carbocycles. The van der Waals surface area contributed by atoms with E-state index in [1.807, 2.05) is 30.3 Å². The van der Waals surface area contributed by atoms with Gasteiger partial charge in [-0.1, -0.05) is 43.2 Å². The molecule has 0 N–H and O–H groups in total. The largest absolute Gasteiger partial charge is 0.465 e. The minimum Gasteiger partial charge on any atom is -0.465 e. The predicted molar refractivity (Wildman–Crippen MR) is 104 cm³/mol. The molecule has 0 saturated heterocycles. The molecule has 0 spiro atoms. The van der Waals surface area contributed by atoms with Crippen molar-refractivity contribution in [1.29, 1.82) is 0 Å². The molecule has 1 aromatic rings. The van der Waals surface area contributed by atoms with Gasteiger partial charge in [0.25, 0.3) is 10.0 Å². The molecule has 1 saturated carbocycles. The van der Waals surface area contributed by atoms with Crippen molar-refractivity contribution in [3.05, 3.63) is 35.9 Å². The second-order valence-electron chi connectivity index (χ2n) is 7.66. The molecule has 1 aliphatic carbocycles. The van der Waals surface area contributed by atoms with E-state index < -0.39 is 20.7 Å². The zero-order valence-electron chi connectivity index (χ0n) is 16.1. The lowest BCUT2D eigenvalue weighted by Crippen LogP contribution is -2.33. The van der Waals surface area contributed by atoms with Gasteiger partial charge in [-0.3, -0.25) is 4.79 Å². The van der Waals surface area contributed by atoms with Crippen LogP contribution in [-0.2, 0) is 19.6 Å². The lowest BCUT2D eigenvalue weighted by molar-refractivity contribution is -0.145. The third-order valence-electron chi connectivity index (χ3n) is 4.72. The van der Waals surface area contributed by atoms with Crippen LogP contribution in [-0.4, -0.2) is 31.5 Å². The molecule has 0 amide bonds. The van der Waals surface area contributed by atoms with E-state index in [1.165, 1.54) is 0 Å². The molecule has 2 rings (SSSR count). The molecule has 2 unspecified atom stereocenters. The molecule has 0 heterocycles. The van der Waals surface area contributed by atoms with Crippen molar-refractivity contribution in [2.45, 2.75) is 64.0 Å². The Morgan fingerprint density at radius 1 is 1.15 bits per heavy atom. The van der Waals surface area contributed by atoms with Gasteiger partial charge in [-0.25, -0.2) is 8.42 Å². The van der Waals surface area contributed by atoms with E-state index in [9.17, 15) is 13.2 Å². The number of benzene rings is 1. The first-order chi connectivity index (χ1) is 12.2. The minimum absolute atomic E-state index is 0.190. The Morgan fingerprint density at radius 3 is 2.35 bits per heavy atom. The summed E-state index contributed by atoms with van der Waals surface area (Å²) in [6.45, 7) is 6.90. The Labute approximate surface area is 156 Å². The van der Waals surface area contributed by atoms with Crippen LogP contribution in [0.15, 0.2) is 34.7 Å². The quantitative estimate of drug-likeness (QED) is 0.583. The first-order valence-electron chi connectivity index (χ1n) is 9.23. The molecule has 5 nitrogen and oxygen atoms in total. The van der Waals surface area contributed by atoms with Gasteiger partial charge >= 0.3 is 5.97 Å². The topological polar surface area (TPSA) is 72.8 Å². The summed E-state index contributed by atoms with van der Waals surface area (Å²) in [7, 11) is -3.76. The minimum atomic E-state index is -3.76. The van der Waals surface area contributed by atoms with Crippen LogP contribution in [0.5, 0.6) is 0 Å². The fourth-order valence-electron chi connectivity index (χ4n) is 3.14. The molecule has 6 heteroatoms. The molecular formula is C20H29NO4S. The predicted octanol–water partition coefficient (Wildman–Crippen LogP) is 4.09. The van der Waals surface area contributed by atoms with Gasteiger partial charge in [0.1, 0.15) is 0 Å². The third-order valence-corrected chi connectivity index (χ3v) is 6.72. The van der Waals surface area contributed by atoms with Gasteiger partial charge in [-0.15, -0.1) is 0 Å². The Morgan fingerprint density at radius 2 is 1.77 bits per heavy atom. The highest BCUT2D eigenvalue weighted by molar-refractivity contribution is 7.91. The van der Waals surface area contributed by atoms with Crippen molar-refractivity contribution in [3.63, 3.8) is 0 Å². The number of ether oxygens (including phenoxy) is 1. The first-order valence-corrected chi connectivity index (χ1v) is 10.7. The highest BCUT2D eigenvalue weighted by Crippen LogP contribution is 2.35. The average molecular weight is 380 g/mol. The molecule has 2 atom stereocenters. The summed E-state index contributed by atoms with van der Waals surface area (Å²) in [5.41, 5.74) is 1.42. The van der Waals surface area contributed by atoms with Gasteiger partial charge in [0, 0.05) is 5.92 Å². The smallest absolute Gasteiger partial charge is 0.314 e. The van der Waals surface area contributed by atoms with Crippen molar-refractivity contribution in [2.24, 2.45) is 10.3 Å². The summed E-state index contributed by atoms with van der Waals surface area (Å²) >= 11 is 0. The number of hydrogen-bond donors (Lipinski definition) is 0. The van der Waals surface area contributed by atoms with Crippen molar-refractivity contribution < 1.29 is 17.9 Å². The number of carbonyl (C=O) groups excluding carboxylic acids is 1. The highest BCUT2D eigenvalue weighted by Gasteiger charge is 2.37. The molecule has 0 radical (unpaired) electrons. The van der Waals surface area contributed by atoms with Gasteiger partial charge < -0.3 is 4.74 Å². The van der Waals surface area contributed by atoms with Crippen molar-refractivity contribution in [1.82, 2.24) is 0 Å². The lowest BCUT2D eigenvalue weighted by atomic mass is 9.85. The lowest BCUT2D eigenvalue weighted by Gasteiger charge is -2.24. The second-order valence-corrected chi connectivity index (χ2v) is 10.0. The van der Waals surface area contributed by atoms with Crippen LogP contribution in [0, 0.1) is 5.92 Å². The molecule has 144 valence electrons. The van der Waals surface area contributed by atoms with Crippen molar-refractivity contribution in [2.75, 3.05) is 6.61 Å². The number of esters is 1. The summed E-state index contributed by atoms with van der Waals surface area (Å²) < 4.78 is 34.0. The summed E-state index contributed by atoms with van der Waals surface area (Å²) in [6.07, 6.45) is 3.12. The highest BCUT2D eigenvalue weighted by atomic mass is 32.2. The second kappa shape index (κ2) is 8.33. The van der Waals surface area contributed by atoms with Crippen LogP contribution in [0.3, 0.4) is 0 Å². The van der Waals surface area contributed by atoms with Crippen LogP contribution < -0.4 is 0 Å². The van der Waals surface area contributed by atoms with E-state index >= 15 is 0 Å². The molecular weight excluding hydrogens is 350 g/mol. The number of rotatable bonds is 4. The van der Waals surface area contributed by atoms with Crippen molar-refractivity contribution in [3.8, 4) is 0 Å². The fraction of sp³-hybridized carbons (Fsp3) is 0.600. The Balaban J connectivity index is 2.60. The molecule has 1 fully saturated rings. The van der Waals surface area contributed by atoms with E-state index in [0.717, 1.165) is 24.8 Å². The number of sulfonamides is 1. The Bertz CT molecular complexity index is 748. The maximum atomic E-state index is 12.8. The Kier molecular flexibility index (Phi) is 6.61. The maximum Gasteiger partial charge on any atom is 0.314 e. The van der Waals surface area contributed by atoms with Crippen LogP contribution in [0.1, 0.15) is 64.9 Å². The van der Waals surface area contributed by atoms with Crippen LogP contribution in [0.4, 0.5) is 0 Å². The molecule has 0 aromatic heterocycles. The summed E-state index contributed by atoms with van der Waals surface area (Å²) in [5.74, 6) is -1.18. The van der Waals surface area contributed by atoms with Crippen LogP contribution >= 0.6 is 0 Å². The van der Waals surface area contributed by atoms with E-state index in [-0.39, 0.29) is 18.5 Å². The summed E-state index contributed by atoms with van der Waals surface area (Å²) in [4.78, 5) is 12.6. The fourth-order valence-corrected chi connectivity index (χ4v) is 3.95. The zero-order valence-corrected chi connectivity index (χ0v) is 16.9. The number of carbonyl (C=O) groups is 1. The van der Waals surface area contributed by atoms with Crippen LogP contribution in [0.25, 0.3) is 0 Å². The van der Waals surface area contributed by atoms with E-state index in [4.69, 9.17) is 4.74 Å². The van der Waals surface area contributed by atoms with Gasteiger partial charge in [0.2, 0.25) is 0 Å². The van der Waals surface area contributed by atoms with Gasteiger partial charge in [0.05, 0.1) is 23.0 Å². The standard InChI is InChI=1S/C20H29NO4S/c1-5-25-19(22)17-14-10-9-13-16(15-11-7-6-8-12-15)18(17)21-26(23,24)20(2,3)4/h6-8,11-12,16-17H,5,9-10,13-14H2,1-4H3/b21-18-. The Hall–Kier alpha value is -1.69. The molecule has 26 heavy (non-hydrogen) atoms. The SMILES string of the molecule is CCOC(=O)C1CCCCC(c2ccccc2)/C1=N/S(=O)(=O)C(C)(C)C. The molecule has 0 bridgehead atoms. The van der Waals surface area contributed by atoms with E-state index in [0.29, 0.717) is 12.1 Å². The molecule has 1 aliphatic rings. The van der Waals surface area contributed by atoms with E-state index in [2.05, 4.69) is 4.40 Å². The summed E-state index contributed by atoms with van der Waals surface area (Å²) in [6, 6.07) is 9.71. The number of hydrogen-bond acceptors (Lipinski definition) is 4. The van der Waals surface area contributed by atoms with Crippen LogP contribution in [0.2, 0.25) is 0 Å². The monoisotopic (exact) mass is 379 g/mol. The first kappa shape index (κ1) is 20.6. The third kappa shape index (κ3) is 4.72. The van der Waals surface area contributed by atoms with Crippen molar-refractivity contribution >= 4 is 21.7 Å². The van der Waals surface area contributed by atoms with Gasteiger partial charge in [-0.2, -0.15) is 4.40 Å². The van der Waals surface area contributed by atoms with Gasteiger partial charge in [-0.05, 0) is 46.1 Å². The molecule has 0 aliphatic heterocycles. The average Bonchev–Trinajstić information content (AvgIpc) is 2.77.